The zero-order valence-corrected chi connectivity index (χ0v) is 84.3. The predicted octanol–water partition coefficient (Wildman–Crippen LogP) is 38.7. The van der Waals surface area contributed by atoms with Crippen LogP contribution in [0.5, 0.6) is 0 Å². The topological polar surface area (TPSA) is 52.6 Å². The van der Waals surface area contributed by atoms with E-state index >= 15 is 0 Å². The van der Waals surface area contributed by atoms with E-state index in [9.17, 15) is 9.59 Å². The molecular formula is C116H140O4S8. The molecule has 2 aliphatic rings. The molecule has 14 aromatic rings. The van der Waals surface area contributed by atoms with Crippen molar-refractivity contribution in [1.82, 2.24) is 0 Å². The van der Waals surface area contributed by atoms with Crippen molar-refractivity contribution >= 4 is 140 Å². The van der Waals surface area contributed by atoms with Crippen LogP contribution in [0.15, 0.2) is 179 Å². The summed E-state index contributed by atoms with van der Waals surface area (Å²) in [5.41, 5.74) is 21.8. The molecule has 12 heteroatoms. The molecule has 0 saturated carbocycles. The van der Waals surface area contributed by atoms with E-state index in [1.165, 1.54) is 371 Å². The highest BCUT2D eigenvalue weighted by Crippen LogP contribution is 2.68. The maximum absolute atomic E-state index is 13.0. The minimum Gasteiger partial charge on any atom is -0.462 e. The third-order valence-electron chi connectivity index (χ3n) is 27.6. The highest BCUT2D eigenvalue weighted by Gasteiger charge is 2.54. The van der Waals surface area contributed by atoms with E-state index in [4.69, 9.17) is 9.47 Å². The average molecular weight is 1850 g/mol. The first-order valence-corrected chi connectivity index (χ1v) is 57.0. The highest BCUT2D eigenvalue weighted by atomic mass is 32.2. The lowest BCUT2D eigenvalue weighted by Gasteiger charge is -2.36. The van der Waals surface area contributed by atoms with Gasteiger partial charge in [-0.2, -0.15) is 0 Å². The minimum atomic E-state index is -0.489. The lowest BCUT2D eigenvalue weighted by molar-refractivity contribution is 0.0513. The van der Waals surface area contributed by atoms with E-state index in [1.54, 1.807) is 71.3 Å². The number of aryl methyl sites for hydroxylation is 4. The van der Waals surface area contributed by atoms with Gasteiger partial charge in [-0.3, -0.25) is 0 Å². The quantitative estimate of drug-likeness (QED) is 0.0282. The summed E-state index contributed by atoms with van der Waals surface area (Å²) < 4.78 is 16.0. The Morgan fingerprint density at radius 2 is 0.523 bits per heavy atom. The molecule has 128 heavy (non-hydrogen) atoms. The second-order valence-electron chi connectivity index (χ2n) is 36.7. The van der Waals surface area contributed by atoms with Gasteiger partial charge in [0.2, 0.25) is 0 Å². The van der Waals surface area contributed by atoms with Crippen molar-refractivity contribution in [3.63, 3.8) is 0 Å². The largest absolute Gasteiger partial charge is 0.462 e. The Morgan fingerprint density at radius 3 is 0.789 bits per heavy atom. The monoisotopic (exact) mass is 1850 g/mol. The smallest absolute Gasteiger partial charge is 0.338 e. The van der Waals surface area contributed by atoms with Crippen molar-refractivity contribution in [3.05, 3.63) is 257 Å². The van der Waals surface area contributed by atoms with Crippen LogP contribution in [0.1, 0.15) is 386 Å². The molecule has 0 fully saturated rings. The first-order valence-electron chi connectivity index (χ1n) is 50.2. The Morgan fingerprint density at radius 1 is 0.266 bits per heavy atom. The summed E-state index contributed by atoms with van der Waals surface area (Å²) in [6.45, 7) is 13.4. The number of carbonyl (C=O) groups excluding carboxylic acids is 2. The van der Waals surface area contributed by atoms with Gasteiger partial charge in [0.15, 0.2) is 0 Å². The molecule has 0 N–H and O–H groups in total. The fraction of sp³-hybridized carbons (Fsp3) is 0.466. The summed E-state index contributed by atoms with van der Waals surface area (Å²) >= 11 is 14.6. The Hall–Kier alpha value is -7.10. The van der Waals surface area contributed by atoms with Gasteiger partial charge in [0.25, 0.3) is 0 Å². The van der Waals surface area contributed by atoms with Crippen molar-refractivity contribution < 1.29 is 19.1 Å². The molecule has 0 saturated heterocycles. The molecule has 16 rings (SSSR count). The standard InChI is InChI=1S/C92H122S4.C24H18O4S4/c1-5-9-13-17-21-25-29-33-37-41-45-71-49-57-75(58-50-71)91(76-59-51-72(52-60-76)46-42-38-34-30-26-22-18-14-10-6-2)83-69-82-84(70-81(83)87-85(91)79-65-67-93-89(79)95-87)92(86-80-66-68-94-90(80)96-88(82)86,77-61-53-73(54-62-77)47-43-39-35-31-27-23-19-15-11-7-3)78-63-55-74(56-64-78)48-44-40-36-32-28-24-20-16-12-8-4;1-3-27-21(25)17-11-16(20-10-14-6-8-30-24(14)32-20)18(22(26)28-4-2)12-15(17)19-9-13-5-7-29-23(13)31-19/h49-70H,5-48H2,1-4H3;5-12H,3-4H2,1-2H3. The van der Waals surface area contributed by atoms with Crippen LogP contribution < -0.4 is 0 Å². The molecule has 8 heterocycles. The van der Waals surface area contributed by atoms with Crippen LogP contribution in [0.25, 0.3) is 79.4 Å². The molecule has 0 radical (unpaired) electrons. The van der Waals surface area contributed by atoms with Gasteiger partial charge >= 0.3 is 11.9 Å². The summed E-state index contributed by atoms with van der Waals surface area (Å²) in [5, 5.41) is 14.0. The minimum absolute atomic E-state index is 0.279. The molecule has 6 aromatic carbocycles. The van der Waals surface area contributed by atoms with Gasteiger partial charge in [0.1, 0.15) is 0 Å². The van der Waals surface area contributed by atoms with Crippen molar-refractivity contribution in [1.29, 1.82) is 0 Å². The summed E-state index contributed by atoms with van der Waals surface area (Å²) in [6, 6.07) is 63.2. The van der Waals surface area contributed by atoms with Crippen LogP contribution in [0.4, 0.5) is 0 Å². The zero-order chi connectivity index (χ0) is 88.3. The molecule has 4 nitrogen and oxygen atoms in total. The number of fused-ring (bicyclic) bond motifs is 12. The first kappa shape index (κ1) is 95.5. The average Bonchev–Trinajstić information content (AvgIpc) is 1.49. The molecule has 0 amide bonds. The molecule has 8 aromatic heterocycles. The maximum atomic E-state index is 13.0. The van der Waals surface area contributed by atoms with Gasteiger partial charge in [0.05, 0.1) is 51.2 Å². The molecule has 0 atom stereocenters. The molecule has 676 valence electrons. The van der Waals surface area contributed by atoms with E-state index in [1.807, 2.05) is 33.4 Å². The Labute approximate surface area is 799 Å². The van der Waals surface area contributed by atoms with E-state index in [0.29, 0.717) is 22.3 Å². The number of hydrogen-bond donors (Lipinski definition) is 0. The lowest BCUT2D eigenvalue weighted by Crippen LogP contribution is -2.30. The number of esters is 2. The Kier molecular flexibility index (Phi) is 36.2. The van der Waals surface area contributed by atoms with Crippen molar-refractivity contribution in [2.45, 2.75) is 335 Å². The van der Waals surface area contributed by atoms with Gasteiger partial charge in [-0.05, 0) is 225 Å². The Balaban J connectivity index is 0.000000327. The SMILES string of the molecule is CCCCCCCCCCCCc1ccc(C2(c3ccc(CCCCCCCCCCCC)cc3)c3cc4c(cc3-c3sc5sccc5c32)C(c2ccc(CCCCCCCCCCCC)cc2)(c2ccc(CCCCCCCCCCCC)cc2)c2c-4sc3sccc23)cc1.CCOC(=O)c1cc(-c2cc3ccsc3s2)c(C(=O)OCC)cc1-c1cc2ccsc2s1. The fourth-order valence-electron chi connectivity index (χ4n) is 20.7. The second kappa shape index (κ2) is 48.5. The lowest BCUT2D eigenvalue weighted by atomic mass is 9.65. The molecular weight excluding hydrogens is 1710 g/mol. The normalized spacial score (nSPS) is 13.0. The number of thiophene rings is 8. The predicted molar refractivity (Wildman–Crippen MR) is 566 cm³/mol. The number of unbranched alkanes of at least 4 members (excludes halogenated alkanes) is 36. The molecule has 0 unspecified atom stereocenters. The first-order chi connectivity index (χ1) is 63.1. The molecule has 0 aliphatic heterocycles. The van der Waals surface area contributed by atoms with Gasteiger partial charge in [-0.15, -0.1) is 90.7 Å². The third-order valence-corrected chi connectivity index (χ3v) is 36.7. The number of rotatable bonds is 54. The molecule has 2 aliphatic carbocycles. The van der Waals surface area contributed by atoms with Crippen LogP contribution in [0, 0.1) is 0 Å². The van der Waals surface area contributed by atoms with Gasteiger partial charge < -0.3 is 9.47 Å². The summed E-state index contributed by atoms with van der Waals surface area (Å²) in [7, 11) is 0. The summed E-state index contributed by atoms with van der Waals surface area (Å²) in [6.07, 6.45) is 59.5. The van der Waals surface area contributed by atoms with Gasteiger partial charge in [0, 0.05) is 52.2 Å². The number of benzene rings is 6. The van der Waals surface area contributed by atoms with Crippen LogP contribution >= 0.6 is 90.7 Å². The van der Waals surface area contributed by atoms with Crippen LogP contribution in [-0.2, 0) is 46.0 Å². The van der Waals surface area contributed by atoms with E-state index in [0.717, 1.165) is 46.2 Å². The zero-order valence-electron chi connectivity index (χ0n) is 77.7. The summed E-state index contributed by atoms with van der Waals surface area (Å²) in [5.74, 6) is -0.788. The van der Waals surface area contributed by atoms with E-state index in [2.05, 4.69) is 207 Å². The summed E-state index contributed by atoms with van der Waals surface area (Å²) in [4.78, 5) is 30.8. The molecule has 0 bridgehead atoms. The Bertz CT molecular complexity index is 5220. The maximum Gasteiger partial charge on any atom is 0.338 e. The number of hydrogen-bond acceptors (Lipinski definition) is 12. The van der Waals surface area contributed by atoms with E-state index in [-0.39, 0.29) is 13.2 Å². The van der Waals surface area contributed by atoms with E-state index < -0.39 is 22.8 Å². The second-order valence-corrected chi connectivity index (χ2v) is 45.6. The number of carbonyl (C=O) groups is 2. The number of ether oxygens (including phenoxy) is 2. The van der Waals surface area contributed by atoms with Crippen molar-refractivity contribution in [2.75, 3.05) is 13.2 Å². The van der Waals surface area contributed by atoms with Crippen LogP contribution in [0.2, 0.25) is 0 Å². The van der Waals surface area contributed by atoms with Gasteiger partial charge in [-0.25, -0.2) is 9.59 Å². The molecule has 0 spiro atoms. The fourth-order valence-corrected chi connectivity index (χ4v) is 29.7. The third kappa shape index (κ3) is 22.5. The van der Waals surface area contributed by atoms with Crippen LogP contribution in [-0.4, -0.2) is 25.2 Å². The van der Waals surface area contributed by atoms with Crippen molar-refractivity contribution in [3.8, 4) is 41.8 Å². The van der Waals surface area contributed by atoms with Crippen molar-refractivity contribution in [2.24, 2.45) is 0 Å². The highest BCUT2D eigenvalue weighted by molar-refractivity contribution is 7.41. The van der Waals surface area contributed by atoms with Gasteiger partial charge in [-0.1, -0.05) is 356 Å². The van der Waals surface area contributed by atoms with Crippen LogP contribution in [0.3, 0.4) is 0 Å².